The number of hydrogen-bond donors (Lipinski definition) is 2. The van der Waals surface area contributed by atoms with Gasteiger partial charge in [-0.3, -0.25) is 0 Å². The van der Waals surface area contributed by atoms with Gasteiger partial charge in [-0.2, -0.15) is 5.10 Å². The Labute approximate surface area is 220 Å². The predicted octanol–water partition coefficient (Wildman–Crippen LogP) is 3.89. The number of carbonyl (C=O) groups is 1. The fourth-order valence-corrected chi connectivity index (χ4v) is 5.05. The Hall–Kier alpha value is -4.08. The van der Waals surface area contributed by atoms with E-state index in [1.165, 1.54) is 28.8 Å². The van der Waals surface area contributed by atoms with Gasteiger partial charge in [0.15, 0.2) is 5.69 Å². The van der Waals surface area contributed by atoms with E-state index in [-0.39, 0.29) is 18.2 Å². The zero-order chi connectivity index (χ0) is 26.8. The second kappa shape index (κ2) is 10.7. The van der Waals surface area contributed by atoms with Crippen molar-refractivity contribution in [2.24, 2.45) is 0 Å². The highest BCUT2D eigenvalue weighted by atomic mass is 16.5. The van der Waals surface area contributed by atoms with E-state index >= 15 is 0 Å². The largest absolute Gasteiger partial charge is 0.497 e. The van der Waals surface area contributed by atoms with Crippen molar-refractivity contribution < 1.29 is 34.0 Å². The normalized spacial score (nSPS) is 14.7. The van der Waals surface area contributed by atoms with Crippen molar-refractivity contribution in [1.29, 1.82) is 0 Å². The summed E-state index contributed by atoms with van der Waals surface area (Å²) in [7, 11) is 4.63. The number of pyridine rings is 1. The van der Waals surface area contributed by atoms with Crippen LogP contribution >= 0.6 is 0 Å². The van der Waals surface area contributed by atoms with Crippen LogP contribution in [0.5, 0.6) is 17.2 Å². The maximum Gasteiger partial charge on any atom is 0.354 e. The molecule has 0 unspecified atom stereocenters. The number of benzene rings is 2. The fraction of sp³-hybridized carbons (Fsp3) is 0.310. The molecule has 1 aliphatic rings. The van der Waals surface area contributed by atoms with Crippen molar-refractivity contribution in [3.63, 3.8) is 0 Å². The second-order valence-electron chi connectivity index (χ2n) is 9.29. The van der Waals surface area contributed by atoms with Crippen LogP contribution in [0.1, 0.15) is 39.0 Å². The van der Waals surface area contributed by atoms with Crippen LogP contribution in [-0.4, -0.2) is 59.3 Å². The Balaban J connectivity index is 1.50. The lowest BCUT2D eigenvalue weighted by Crippen LogP contribution is -2.30. The van der Waals surface area contributed by atoms with Crippen molar-refractivity contribution in [1.82, 2.24) is 9.61 Å². The minimum Gasteiger partial charge on any atom is -0.497 e. The van der Waals surface area contributed by atoms with Crippen molar-refractivity contribution in [2.45, 2.75) is 37.6 Å². The zero-order valence-electron chi connectivity index (χ0n) is 21.5. The van der Waals surface area contributed by atoms with Crippen molar-refractivity contribution in [3.05, 3.63) is 88.7 Å². The molecule has 4 aromatic rings. The summed E-state index contributed by atoms with van der Waals surface area (Å²) in [6.45, 7) is 0. The summed E-state index contributed by atoms with van der Waals surface area (Å²) in [6.07, 6.45) is -0.131. The minimum absolute atomic E-state index is 0.00819. The molecule has 0 aliphatic heterocycles. The first kappa shape index (κ1) is 25.6. The van der Waals surface area contributed by atoms with E-state index in [0.717, 1.165) is 12.8 Å². The highest BCUT2D eigenvalue weighted by Crippen LogP contribution is 2.33. The molecule has 0 saturated carbocycles. The van der Waals surface area contributed by atoms with Gasteiger partial charge in [-0.15, -0.1) is 0 Å². The average Bonchev–Trinajstić information content (AvgIpc) is 3.54. The molecule has 5 rings (SSSR count). The summed E-state index contributed by atoms with van der Waals surface area (Å²) in [5.74, 6) is 0.492. The van der Waals surface area contributed by atoms with E-state index in [1.54, 1.807) is 44.6 Å². The van der Waals surface area contributed by atoms with Gasteiger partial charge in [0, 0.05) is 12.5 Å². The topological polar surface area (TPSA) is 112 Å². The number of fused-ring (bicyclic) bond motifs is 2. The van der Waals surface area contributed by atoms with Crippen molar-refractivity contribution in [2.75, 3.05) is 21.3 Å². The van der Waals surface area contributed by atoms with Gasteiger partial charge in [-0.1, -0.05) is 24.3 Å². The van der Waals surface area contributed by atoms with Crippen molar-refractivity contribution >= 4 is 11.5 Å². The second-order valence-corrected chi connectivity index (χ2v) is 9.29. The number of aliphatic hydroxyl groups excluding tert-OH is 1. The molecule has 0 radical (unpaired) electrons. The monoisotopic (exact) mass is 518 g/mol. The van der Waals surface area contributed by atoms with Gasteiger partial charge >= 0.3 is 5.97 Å². The summed E-state index contributed by atoms with van der Waals surface area (Å²) in [4.78, 5) is 11.8. The zero-order valence-corrected chi connectivity index (χ0v) is 21.5. The van der Waals surface area contributed by atoms with E-state index < -0.39 is 18.2 Å². The van der Waals surface area contributed by atoms with Crippen LogP contribution in [0.25, 0.3) is 5.52 Å². The lowest BCUT2D eigenvalue weighted by atomic mass is 9.99. The summed E-state index contributed by atoms with van der Waals surface area (Å²) in [6, 6.07) is 18.3. The fourth-order valence-electron chi connectivity index (χ4n) is 5.05. The maximum atomic E-state index is 11.8. The van der Waals surface area contributed by atoms with Gasteiger partial charge in [-0.05, 0) is 59.9 Å². The molecule has 2 aromatic carbocycles. The lowest BCUT2D eigenvalue weighted by Gasteiger charge is -2.27. The van der Waals surface area contributed by atoms with Crippen molar-refractivity contribution in [3.8, 4) is 17.2 Å². The van der Waals surface area contributed by atoms with Gasteiger partial charge in [0.25, 0.3) is 0 Å². The number of ether oxygens (including phenoxy) is 4. The number of methoxy groups -OCH3 is 3. The van der Waals surface area contributed by atoms with Crippen LogP contribution < -0.4 is 14.2 Å². The standard InChI is InChI=1S/C29H30N2O7/c1-35-21-12-19(13-22(16-21)36-2)28(32)27(38-23-10-17-6-4-5-7-18(17)11-23)15-20-14-25-26(37-3)9-8-24(29(33)34)31(25)30-20/h4-9,12-14,16,23,27-28,32H,10-11,15H2,1-3H3,(H,33,34)/t27-,28+/m0/s1. The van der Waals surface area contributed by atoms with Gasteiger partial charge in [0.05, 0.1) is 39.2 Å². The molecule has 0 fully saturated rings. The summed E-state index contributed by atoms with van der Waals surface area (Å²) in [5.41, 5.74) is 4.14. The lowest BCUT2D eigenvalue weighted by molar-refractivity contribution is -0.0747. The van der Waals surface area contributed by atoms with Crippen LogP contribution in [-0.2, 0) is 24.0 Å². The van der Waals surface area contributed by atoms with Gasteiger partial charge in [0.2, 0.25) is 0 Å². The molecule has 0 bridgehead atoms. The molecule has 1 aliphatic carbocycles. The van der Waals surface area contributed by atoms with Crippen LogP contribution in [0.15, 0.2) is 60.7 Å². The number of aliphatic hydroxyl groups is 1. The van der Waals surface area contributed by atoms with Gasteiger partial charge in [0.1, 0.15) is 28.9 Å². The summed E-state index contributed by atoms with van der Waals surface area (Å²) >= 11 is 0. The number of hydrogen-bond acceptors (Lipinski definition) is 7. The van der Waals surface area contributed by atoms with Crippen LogP contribution in [0.2, 0.25) is 0 Å². The predicted molar refractivity (Wildman–Crippen MR) is 139 cm³/mol. The number of aromatic nitrogens is 2. The maximum absolute atomic E-state index is 11.8. The third-order valence-electron chi connectivity index (χ3n) is 6.93. The Morgan fingerprint density at radius 2 is 1.63 bits per heavy atom. The molecule has 2 N–H and O–H groups in total. The van der Waals surface area contributed by atoms with E-state index in [1.807, 2.05) is 12.1 Å². The summed E-state index contributed by atoms with van der Waals surface area (Å²) in [5, 5.41) is 25.8. The van der Waals surface area contributed by atoms with Gasteiger partial charge in [-0.25, -0.2) is 9.31 Å². The highest BCUT2D eigenvalue weighted by molar-refractivity contribution is 5.87. The first-order valence-electron chi connectivity index (χ1n) is 12.3. The number of carboxylic acids is 1. The Kier molecular flexibility index (Phi) is 7.22. The molecule has 38 heavy (non-hydrogen) atoms. The first-order valence-corrected chi connectivity index (χ1v) is 12.3. The summed E-state index contributed by atoms with van der Waals surface area (Å²) < 4.78 is 24.1. The molecule has 9 heteroatoms. The van der Waals surface area contributed by atoms with Crippen LogP contribution in [0.4, 0.5) is 0 Å². The molecular weight excluding hydrogens is 488 g/mol. The SMILES string of the molecule is COc1cc(OC)cc([C@@H](O)[C@H](Cc2cc3c(OC)ccc(C(=O)O)n3n2)OC2Cc3ccccc3C2)c1. The third-order valence-corrected chi connectivity index (χ3v) is 6.93. The number of rotatable bonds is 10. The molecule has 2 heterocycles. The quantitative estimate of drug-likeness (QED) is 0.325. The molecule has 0 saturated heterocycles. The Morgan fingerprint density at radius 3 is 2.21 bits per heavy atom. The molecule has 0 spiro atoms. The molecule has 2 atom stereocenters. The number of aromatic carboxylic acids is 1. The number of nitrogens with zero attached hydrogens (tertiary/aromatic N) is 2. The van der Waals surface area contributed by atoms with E-state index in [9.17, 15) is 15.0 Å². The van der Waals surface area contributed by atoms with Gasteiger partial charge < -0.3 is 29.2 Å². The molecular formula is C29H30N2O7. The number of carboxylic acid groups (broad SMARTS) is 1. The van der Waals surface area contributed by atoms with E-state index in [4.69, 9.17) is 18.9 Å². The Bertz CT molecular complexity index is 1420. The van der Waals surface area contributed by atoms with Crippen LogP contribution in [0.3, 0.4) is 0 Å². The Morgan fingerprint density at radius 1 is 0.974 bits per heavy atom. The minimum atomic E-state index is -1.10. The van der Waals surface area contributed by atoms with E-state index in [0.29, 0.717) is 34.0 Å². The third kappa shape index (κ3) is 5.03. The van der Waals surface area contributed by atoms with Crippen LogP contribution in [0, 0.1) is 0 Å². The molecule has 9 nitrogen and oxygen atoms in total. The smallest absolute Gasteiger partial charge is 0.354 e. The molecule has 0 amide bonds. The average molecular weight is 519 g/mol. The molecule has 2 aromatic heterocycles. The highest BCUT2D eigenvalue weighted by Gasteiger charge is 2.31. The molecule has 198 valence electrons. The van der Waals surface area contributed by atoms with E-state index in [2.05, 4.69) is 17.2 Å². The first-order chi connectivity index (χ1) is 18.4.